The number of H-pyrrole nitrogens is 1. The maximum absolute atomic E-state index is 11.5. The Labute approximate surface area is 122 Å². The second kappa shape index (κ2) is 5.25. The number of aromatic amines is 1. The molecule has 0 aliphatic heterocycles. The Bertz CT molecular complexity index is 792. The molecule has 0 saturated carbocycles. The number of aromatic carboxylic acids is 1. The minimum absolute atomic E-state index is 0.274. The lowest BCUT2D eigenvalue weighted by Gasteiger charge is -2.05. The van der Waals surface area contributed by atoms with E-state index < -0.39 is 5.97 Å². The molecule has 2 N–H and O–H groups in total. The number of carbonyl (C=O) groups is 1. The van der Waals surface area contributed by atoms with Crippen molar-refractivity contribution in [3.05, 3.63) is 66.0 Å². The van der Waals surface area contributed by atoms with Gasteiger partial charge in [0.15, 0.2) is 0 Å². The highest BCUT2D eigenvalue weighted by Crippen LogP contribution is 2.30. The van der Waals surface area contributed by atoms with E-state index in [1.165, 1.54) is 0 Å². The van der Waals surface area contributed by atoms with Crippen molar-refractivity contribution in [3.63, 3.8) is 0 Å². The molecule has 0 aliphatic rings. The summed E-state index contributed by atoms with van der Waals surface area (Å²) in [7, 11) is 0. The first-order chi connectivity index (χ1) is 10.2. The van der Waals surface area contributed by atoms with Crippen LogP contribution in [-0.4, -0.2) is 21.0 Å². The van der Waals surface area contributed by atoms with Crippen molar-refractivity contribution in [2.75, 3.05) is 0 Å². The molecule has 2 aromatic heterocycles. The van der Waals surface area contributed by atoms with Crippen LogP contribution in [0.1, 0.15) is 15.9 Å². The predicted molar refractivity (Wildman–Crippen MR) is 81.2 cm³/mol. The largest absolute Gasteiger partial charge is 0.478 e. The molecule has 0 atom stereocenters. The maximum Gasteiger partial charge on any atom is 0.337 e. The van der Waals surface area contributed by atoms with Crippen LogP contribution in [0.15, 0.2) is 54.9 Å². The number of carboxylic acid groups (broad SMARTS) is 1. The summed E-state index contributed by atoms with van der Waals surface area (Å²) in [4.78, 5) is 18.7. The highest BCUT2D eigenvalue weighted by molar-refractivity contribution is 5.97. The number of hydrogen-bond acceptors (Lipinski definition) is 2. The number of nitrogens with zero attached hydrogens (tertiary/aromatic N) is 1. The zero-order chi connectivity index (χ0) is 14.8. The van der Waals surface area contributed by atoms with Crippen molar-refractivity contribution >= 4 is 5.97 Å². The molecule has 0 amide bonds. The zero-order valence-corrected chi connectivity index (χ0v) is 11.5. The van der Waals surface area contributed by atoms with E-state index >= 15 is 0 Å². The molecule has 4 nitrogen and oxygen atoms in total. The Morgan fingerprint density at radius 3 is 2.52 bits per heavy atom. The SMILES string of the molecule is Cc1ccccc1-c1[nH]c(-c2ccncc2)cc1C(=O)O. The van der Waals surface area contributed by atoms with E-state index in [-0.39, 0.29) is 5.56 Å². The Morgan fingerprint density at radius 1 is 1.14 bits per heavy atom. The van der Waals surface area contributed by atoms with Gasteiger partial charge in [0.25, 0.3) is 0 Å². The quantitative estimate of drug-likeness (QED) is 0.766. The van der Waals surface area contributed by atoms with E-state index in [2.05, 4.69) is 9.97 Å². The van der Waals surface area contributed by atoms with E-state index in [4.69, 9.17) is 0 Å². The Hall–Kier alpha value is -2.88. The lowest BCUT2D eigenvalue weighted by atomic mass is 10.0. The summed E-state index contributed by atoms with van der Waals surface area (Å²) >= 11 is 0. The van der Waals surface area contributed by atoms with E-state index in [0.717, 1.165) is 22.4 Å². The first-order valence-corrected chi connectivity index (χ1v) is 6.59. The van der Waals surface area contributed by atoms with Crippen molar-refractivity contribution < 1.29 is 9.90 Å². The van der Waals surface area contributed by atoms with Crippen LogP contribution in [0.5, 0.6) is 0 Å². The predicted octanol–water partition coefficient (Wildman–Crippen LogP) is 3.75. The average Bonchev–Trinajstić information content (AvgIpc) is 2.94. The van der Waals surface area contributed by atoms with E-state index in [1.807, 2.05) is 43.3 Å². The van der Waals surface area contributed by atoms with Crippen LogP contribution >= 0.6 is 0 Å². The topological polar surface area (TPSA) is 66.0 Å². The number of aryl methyl sites for hydroxylation is 1. The summed E-state index contributed by atoms with van der Waals surface area (Å²) in [6.07, 6.45) is 3.37. The normalized spacial score (nSPS) is 10.5. The van der Waals surface area contributed by atoms with E-state index in [1.54, 1.807) is 18.5 Å². The van der Waals surface area contributed by atoms with Crippen LogP contribution < -0.4 is 0 Å². The smallest absolute Gasteiger partial charge is 0.337 e. The van der Waals surface area contributed by atoms with Crippen LogP contribution in [-0.2, 0) is 0 Å². The molecule has 104 valence electrons. The fourth-order valence-electron chi connectivity index (χ4n) is 2.38. The minimum Gasteiger partial charge on any atom is -0.478 e. The minimum atomic E-state index is -0.940. The molecular weight excluding hydrogens is 264 g/mol. The number of carboxylic acids is 1. The molecule has 0 aliphatic carbocycles. The van der Waals surface area contributed by atoms with Crippen molar-refractivity contribution in [3.8, 4) is 22.5 Å². The molecule has 0 fully saturated rings. The van der Waals surface area contributed by atoms with Gasteiger partial charge in [-0.05, 0) is 30.7 Å². The van der Waals surface area contributed by atoms with E-state index in [0.29, 0.717) is 5.69 Å². The number of rotatable bonds is 3. The molecule has 2 heterocycles. The van der Waals surface area contributed by atoms with Crippen molar-refractivity contribution in [1.82, 2.24) is 9.97 Å². The summed E-state index contributed by atoms with van der Waals surface area (Å²) in [5.41, 5.74) is 4.52. The van der Waals surface area contributed by atoms with Gasteiger partial charge in [-0.15, -0.1) is 0 Å². The Balaban J connectivity index is 2.19. The van der Waals surface area contributed by atoms with E-state index in [9.17, 15) is 9.90 Å². The number of benzene rings is 1. The highest BCUT2D eigenvalue weighted by atomic mass is 16.4. The second-order valence-electron chi connectivity index (χ2n) is 4.83. The molecule has 21 heavy (non-hydrogen) atoms. The summed E-state index contributed by atoms with van der Waals surface area (Å²) in [5, 5.41) is 9.45. The van der Waals surface area contributed by atoms with Crippen LogP contribution in [0, 0.1) is 6.92 Å². The van der Waals surface area contributed by atoms with Crippen LogP contribution in [0.25, 0.3) is 22.5 Å². The van der Waals surface area contributed by atoms with Gasteiger partial charge in [-0.25, -0.2) is 4.79 Å². The van der Waals surface area contributed by atoms with Crippen molar-refractivity contribution in [2.24, 2.45) is 0 Å². The molecular formula is C17H14N2O2. The number of aromatic nitrogens is 2. The third-order valence-corrected chi connectivity index (χ3v) is 3.45. The summed E-state index contributed by atoms with van der Waals surface area (Å²) < 4.78 is 0. The first-order valence-electron chi connectivity index (χ1n) is 6.59. The molecule has 0 radical (unpaired) electrons. The van der Waals surface area contributed by atoms with Crippen molar-refractivity contribution in [1.29, 1.82) is 0 Å². The van der Waals surface area contributed by atoms with Gasteiger partial charge in [0.1, 0.15) is 0 Å². The third-order valence-electron chi connectivity index (χ3n) is 3.45. The highest BCUT2D eigenvalue weighted by Gasteiger charge is 2.17. The molecule has 1 aromatic carbocycles. The molecule has 4 heteroatoms. The molecule has 3 aromatic rings. The van der Waals surface area contributed by atoms with Crippen LogP contribution in [0.2, 0.25) is 0 Å². The Kier molecular flexibility index (Phi) is 3.28. The van der Waals surface area contributed by atoms with Gasteiger partial charge in [0, 0.05) is 29.2 Å². The fourth-order valence-corrected chi connectivity index (χ4v) is 2.38. The Morgan fingerprint density at radius 2 is 1.86 bits per heavy atom. The van der Waals surface area contributed by atoms with Crippen molar-refractivity contribution in [2.45, 2.75) is 6.92 Å². The zero-order valence-electron chi connectivity index (χ0n) is 11.5. The number of hydrogen-bond donors (Lipinski definition) is 2. The van der Waals surface area contributed by atoms with Gasteiger partial charge in [-0.3, -0.25) is 4.98 Å². The third kappa shape index (κ3) is 2.43. The average molecular weight is 278 g/mol. The number of nitrogens with one attached hydrogen (secondary N) is 1. The van der Waals surface area contributed by atoms with Gasteiger partial charge in [0.05, 0.1) is 11.3 Å². The molecule has 3 rings (SSSR count). The monoisotopic (exact) mass is 278 g/mol. The lowest BCUT2D eigenvalue weighted by molar-refractivity contribution is 0.0698. The molecule has 0 bridgehead atoms. The van der Waals surface area contributed by atoms with Gasteiger partial charge < -0.3 is 10.1 Å². The summed E-state index contributed by atoms with van der Waals surface area (Å²) in [6.45, 7) is 1.97. The fraction of sp³-hybridized carbons (Fsp3) is 0.0588. The van der Waals surface area contributed by atoms with Crippen LogP contribution in [0.4, 0.5) is 0 Å². The van der Waals surface area contributed by atoms with Crippen LogP contribution in [0.3, 0.4) is 0 Å². The summed E-state index contributed by atoms with van der Waals surface area (Å²) in [5.74, 6) is -0.940. The molecule has 0 unspecified atom stereocenters. The first kappa shape index (κ1) is 13.1. The molecule has 0 saturated heterocycles. The molecule has 0 spiro atoms. The standard InChI is InChI=1S/C17H14N2O2/c1-11-4-2-3-5-13(11)16-14(17(20)21)10-15(19-16)12-6-8-18-9-7-12/h2-10,19H,1H3,(H,20,21). The van der Waals surface area contributed by atoms with Gasteiger partial charge in [-0.2, -0.15) is 0 Å². The maximum atomic E-state index is 11.5. The summed E-state index contributed by atoms with van der Waals surface area (Å²) in [6, 6.07) is 13.1. The number of pyridine rings is 1. The van der Waals surface area contributed by atoms with Gasteiger partial charge in [-0.1, -0.05) is 24.3 Å². The second-order valence-corrected chi connectivity index (χ2v) is 4.83. The van der Waals surface area contributed by atoms with Gasteiger partial charge in [0.2, 0.25) is 0 Å². The lowest BCUT2D eigenvalue weighted by Crippen LogP contribution is -1.97. The van der Waals surface area contributed by atoms with Gasteiger partial charge >= 0.3 is 5.97 Å².